The molecule has 0 aliphatic rings. The molecule has 1 N–H and O–H groups in total. The summed E-state index contributed by atoms with van der Waals surface area (Å²) in [4.78, 5) is 0. The van der Waals surface area contributed by atoms with E-state index in [0.29, 0.717) is 16.3 Å². The number of halogens is 3. The molecule has 2 aromatic carbocycles. The first-order chi connectivity index (χ1) is 9.02. The first kappa shape index (κ1) is 14.1. The maximum Gasteiger partial charge on any atom is 0.130 e. The van der Waals surface area contributed by atoms with Crippen LogP contribution in [0.3, 0.4) is 0 Å². The zero-order valence-electron chi connectivity index (χ0n) is 10.0. The van der Waals surface area contributed by atoms with Crippen molar-refractivity contribution in [1.82, 2.24) is 0 Å². The molecule has 0 bridgehead atoms. The van der Waals surface area contributed by atoms with Crippen molar-refractivity contribution in [3.8, 4) is 5.75 Å². The summed E-state index contributed by atoms with van der Waals surface area (Å²) in [5.74, 6) is -0.00980. The van der Waals surface area contributed by atoms with Gasteiger partial charge in [0, 0.05) is 16.1 Å². The molecule has 0 amide bonds. The van der Waals surface area contributed by atoms with Crippen LogP contribution in [0.15, 0.2) is 36.4 Å². The molecule has 0 saturated heterocycles. The van der Waals surface area contributed by atoms with Crippen molar-refractivity contribution in [3.63, 3.8) is 0 Å². The van der Waals surface area contributed by atoms with E-state index < -0.39 is 11.9 Å². The lowest BCUT2D eigenvalue weighted by atomic mass is 10.0. The van der Waals surface area contributed by atoms with Gasteiger partial charge in [0.15, 0.2) is 0 Å². The van der Waals surface area contributed by atoms with E-state index in [-0.39, 0.29) is 10.6 Å². The van der Waals surface area contributed by atoms with Gasteiger partial charge < -0.3 is 9.84 Å². The van der Waals surface area contributed by atoms with Gasteiger partial charge in [-0.25, -0.2) is 4.39 Å². The Kier molecular flexibility index (Phi) is 4.30. The third-order valence-corrected chi connectivity index (χ3v) is 3.32. The number of benzene rings is 2. The molecule has 100 valence electrons. The molecule has 0 heterocycles. The molecule has 2 aromatic rings. The number of aliphatic hydroxyl groups is 1. The molecular weight excluding hydrogens is 290 g/mol. The summed E-state index contributed by atoms with van der Waals surface area (Å²) in [5.41, 5.74) is 0.528. The Balaban J connectivity index is 2.41. The minimum atomic E-state index is -1.16. The fourth-order valence-corrected chi connectivity index (χ4v) is 2.18. The molecule has 0 radical (unpaired) electrons. The van der Waals surface area contributed by atoms with E-state index in [1.54, 1.807) is 18.2 Å². The highest BCUT2D eigenvalue weighted by Gasteiger charge is 2.18. The van der Waals surface area contributed by atoms with Gasteiger partial charge in [-0.05, 0) is 24.3 Å². The molecule has 0 fully saturated rings. The summed E-state index contributed by atoms with van der Waals surface area (Å²) in [6.45, 7) is 0. The van der Waals surface area contributed by atoms with Crippen LogP contribution in [0.2, 0.25) is 10.0 Å². The van der Waals surface area contributed by atoms with Crippen LogP contribution in [0.1, 0.15) is 17.2 Å². The van der Waals surface area contributed by atoms with E-state index >= 15 is 0 Å². The number of ether oxygens (including phenoxy) is 1. The van der Waals surface area contributed by atoms with Crippen LogP contribution in [0.4, 0.5) is 4.39 Å². The van der Waals surface area contributed by atoms with Crippen molar-refractivity contribution >= 4 is 23.2 Å². The van der Waals surface area contributed by atoms with Gasteiger partial charge in [-0.1, -0.05) is 35.3 Å². The third-order valence-electron chi connectivity index (χ3n) is 2.76. The largest absolute Gasteiger partial charge is 0.497 e. The quantitative estimate of drug-likeness (QED) is 0.919. The predicted octanol–water partition coefficient (Wildman–Crippen LogP) is 4.22. The molecule has 0 aliphatic carbocycles. The zero-order chi connectivity index (χ0) is 14.0. The molecule has 5 heteroatoms. The van der Waals surface area contributed by atoms with Gasteiger partial charge in [-0.15, -0.1) is 0 Å². The van der Waals surface area contributed by atoms with Crippen molar-refractivity contribution in [2.75, 3.05) is 7.11 Å². The molecule has 1 atom stereocenters. The minimum absolute atomic E-state index is 0.122. The fraction of sp³-hybridized carbons (Fsp3) is 0.143. The Morgan fingerprint density at radius 3 is 2.37 bits per heavy atom. The average Bonchev–Trinajstić information content (AvgIpc) is 2.37. The van der Waals surface area contributed by atoms with Gasteiger partial charge in [0.1, 0.15) is 17.7 Å². The van der Waals surface area contributed by atoms with E-state index in [0.717, 1.165) is 6.07 Å². The number of methoxy groups -OCH3 is 1. The number of hydrogen-bond acceptors (Lipinski definition) is 2. The highest BCUT2D eigenvalue weighted by atomic mass is 35.5. The van der Waals surface area contributed by atoms with Gasteiger partial charge in [-0.2, -0.15) is 0 Å². The van der Waals surface area contributed by atoms with Crippen LogP contribution in [0.25, 0.3) is 0 Å². The Bertz CT molecular complexity index is 602. The van der Waals surface area contributed by atoms with E-state index in [9.17, 15) is 9.50 Å². The number of hydrogen-bond donors (Lipinski definition) is 1. The summed E-state index contributed by atoms with van der Waals surface area (Å²) < 4.78 is 18.8. The van der Waals surface area contributed by atoms with E-state index in [1.165, 1.54) is 19.2 Å². The second-order valence-electron chi connectivity index (χ2n) is 3.96. The van der Waals surface area contributed by atoms with Crippen LogP contribution in [-0.2, 0) is 0 Å². The van der Waals surface area contributed by atoms with Crippen molar-refractivity contribution in [1.29, 1.82) is 0 Å². The second kappa shape index (κ2) is 5.78. The van der Waals surface area contributed by atoms with Crippen LogP contribution >= 0.6 is 23.2 Å². The van der Waals surface area contributed by atoms with Gasteiger partial charge in [0.05, 0.1) is 12.1 Å². The van der Waals surface area contributed by atoms with E-state index in [4.69, 9.17) is 27.9 Å². The van der Waals surface area contributed by atoms with Crippen molar-refractivity contribution in [2.45, 2.75) is 6.10 Å². The van der Waals surface area contributed by atoms with E-state index in [1.807, 2.05) is 0 Å². The molecular formula is C14H11Cl2FO2. The second-order valence-corrected chi connectivity index (χ2v) is 4.80. The molecule has 19 heavy (non-hydrogen) atoms. The highest BCUT2D eigenvalue weighted by molar-refractivity contribution is 6.31. The van der Waals surface area contributed by atoms with Crippen LogP contribution in [0, 0.1) is 5.82 Å². The number of aliphatic hydroxyl groups excluding tert-OH is 1. The molecule has 2 rings (SSSR count). The van der Waals surface area contributed by atoms with Gasteiger partial charge in [-0.3, -0.25) is 0 Å². The predicted molar refractivity (Wildman–Crippen MR) is 73.5 cm³/mol. The SMILES string of the molecule is COc1ccc(C(O)c2ccc(Cl)cc2F)c(Cl)c1. The Morgan fingerprint density at radius 2 is 1.79 bits per heavy atom. The summed E-state index contributed by atoms with van der Waals surface area (Å²) in [6.07, 6.45) is -1.16. The minimum Gasteiger partial charge on any atom is -0.497 e. The van der Waals surface area contributed by atoms with Crippen LogP contribution < -0.4 is 4.74 Å². The molecule has 1 unspecified atom stereocenters. The fourth-order valence-electron chi connectivity index (χ4n) is 1.75. The third kappa shape index (κ3) is 3.00. The topological polar surface area (TPSA) is 29.5 Å². The smallest absolute Gasteiger partial charge is 0.130 e. The van der Waals surface area contributed by atoms with E-state index in [2.05, 4.69) is 0 Å². The normalized spacial score (nSPS) is 12.3. The van der Waals surface area contributed by atoms with Gasteiger partial charge in [0.2, 0.25) is 0 Å². The number of rotatable bonds is 3. The van der Waals surface area contributed by atoms with Crippen molar-refractivity contribution < 1.29 is 14.2 Å². The average molecular weight is 301 g/mol. The van der Waals surface area contributed by atoms with Crippen LogP contribution in [0.5, 0.6) is 5.75 Å². The summed E-state index contributed by atoms with van der Waals surface area (Å²) in [7, 11) is 1.51. The molecule has 0 aromatic heterocycles. The Labute approximate surface area is 120 Å². The van der Waals surface area contributed by atoms with Crippen molar-refractivity contribution in [3.05, 3.63) is 63.4 Å². The van der Waals surface area contributed by atoms with Gasteiger partial charge in [0.25, 0.3) is 0 Å². The zero-order valence-corrected chi connectivity index (χ0v) is 11.5. The summed E-state index contributed by atoms with van der Waals surface area (Å²) in [6, 6.07) is 8.91. The summed E-state index contributed by atoms with van der Waals surface area (Å²) >= 11 is 11.7. The Morgan fingerprint density at radius 1 is 1.11 bits per heavy atom. The lowest BCUT2D eigenvalue weighted by Crippen LogP contribution is -2.03. The van der Waals surface area contributed by atoms with Crippen LogP contribution in [-0.4, -0.2) is 12.2 Å². The molecule has 0 saturated carbocycles. The molecule has 0 aliphatic heterocycles. The summed E-state index contributed by atoms with van der Waals surface area (Å²) in [5, 5.41) is 10.8. The maximum absolute atomic E-state index is 13.8. The molecule has 0 spiro atoms. The first-order valence-corrected chi connectivity index (χ1v) is 6.25. The lowest BCUT2D eigenvalue weighted by Gasteiger charge is -2.15. The maximum atomic E-state index is 13.8. The standard InChI is InChI=1S/C14H11Cl2FO2/c1-19-9-3-5-10(12(16)7-9)14(18)11-4-2-8(15)6-13(11)17/h2-7,14,18H,1H3. The van der Waals surface area contributed by atoms with Gasteiger partial charge >= 0.3 is 0 Å². The lowest BCUT2D eigenvalue weighted by molar-refractivity contribution is 0.215. The first-order valence-electron chi connectivity index (χ1n) is 5.49. The monoisotopic (exact) mass is 300 g/mol. The van der Waals surface area contributed by atoms with Crippen molar-refractivity contribution in [2.24, 2.45) is 0 Å². The Hall–Kier alpha value is -1.29. The molecule has 2 nitrogen and oxygen atoms in total. The highest BCUT2D eigenvalue weighted by Crippen LogP contribution is 2.32.